The summed E-state index contributed by atoms with van der Waals surface area (Å²) in [4.78, 5) is 222. The Morgan fingerprint density at radius 1 is 0.260 bits per heavy atom. The maximum atomic E-state index is 13.6. The van der Waals surface area contributed by atoms with Crippen LogP contribution in [0.2, 0.25) is 0 Å². The molecule has 3 rings (SSSR count). The number of hydrogen-bond acceptors (Lipinski definition) is 41. The number of aliphatic carboxylic acids is 1. The highest BCUT2D eigenvalue weighted by atomic mass is 16.8. The number of rotatable bonds is 67. The van der Waals surface area contributed by atoms with Gasteiger partial charge in [-0.05, 0) is 103 Å². The number of ether oxygens (including phenoxy) is 21. The van der Waals surface area contributed by atoms with Crippen LogP contribution in [0, 0.1) is 0 Å². The second kappa shape index (κ2) is 65.6. The Labute approximate surface area is 760 Å². The minimum Gasteiger partial charge on any atom is -0.481 e. The molecule has 746 valence electrons. The first-order valence-corrected chi connectivity index (χ1v) is 43.8. The number of carboxylic acids is 1. The quantitative estimate of drug-likeness (QED) is 0.0225. The maximum Gasteiger partial charge on any atom is 0.303 e. The third-order valence-electron chi connectivity index (χ3n) is 18.9. The van der Waals surface area contributed by atoms with Crippen LogP contribution in [0.1, 0.15) is 199 Å². The summed E-state index contributed by atoms with van der Waals surface area (Å²) >= 11 is 0. The molecule has 5 amide bonds. The van der Waals surface area contributed by atoms with Gasteiger partial charge in [-0.2, -0.15) is 0 Å². The van der Waals surface area contributed by atoms with Crippen LogP contribution < -0.4 is 37.2 Å². The zero-order valence-electron chi connectivity index (χ0n) is 76.9. The van der Waals surface area contributed by atoms with E-state index in [0.717, 1.165) is 83.1 Å². The van der Waals surface area contributed by atoms with Gasteiger partial charge in [0, 0.05) is 168 Å². The SMILES string of the molecule is CC(=O)OC[C@H]1O[C@@H](OCCCCCNCCCNC(=O)CCOCC(COCCC(=O)NCCCNCCCCCO[C@@H]2O[C@H](COC(C)=O)[C@@H](OC(C)=O)[C@H](OC(C)=O)[C@H]2OC(C)=O)(COCCC(=O)NCCCNC(=O)CCCCO[C@@H]2O[C@H](COC(C)=O)[C@@H](OC(C)=O)[C@H](OC(C)=O)[C@H]2OC(C)=O)NC(=O)CCCC(=O)O)[C@H](OC(C)=O)[C@@H](OC(C)=O)[C@@H]1OC(C)=O. The van der Waals surface area contributed by atoms with Crippen molar-refractivity contribution in [1.29, 1.82) is 0 Å². The standard InChI is InChI=1S/C84H135N7O40/c1-51(92)117-45-63-72(120-54(4)95)75(123-57(7)98)78(126-60(10)101)81(129-63)114-39-18-13-16-31-85-33-22-35-88-67(105)28-42-111-48-84(91-70(108)26-21-27-71(109)110,49-112-43-29-68(106)89-36-23-34-86-32-17-14-19-40-115-82-79(127-61(11)102)76(124-58(8)99)73(121-55(5)96)64(130-82)46-118-52(2)93)50-113-44-30-69(107)90-38-24-37-87-66(104)25-15-20-41-116-83-80(128-62(12)103)77(125-59(9)100)74(122-56(6)97)65(131-83)47-119-53(3)94/h63-65,72-83,85-86H,13-50H2,1-12H3,(H,87,104)(H,88,105)(H,89,106)(H,90,107)(H,91,108)(H,109,110)/t63-,64-,65-,72-,73-,74-,75+,76+,77+,78-,79-,80-,81-,82-,83-/m1/s1. The highest BCUT2D eigenvalue weighted by Crippen LogP contribution is 2.34. The van der Waals surface area contributed by atoms with E-state index in [0.29, 0.717) is 103 Å². The van der Waals surface area contributed by atoms with Crippen LogP contribution in [0.15, 0.2) is 0 Å². The molecule has 3 saturated heterocycles. The fourth-order valence-corrected chi connectivity index (χ4v) is 13.3. The minimum atomic E-state index is -1.53. The second-order valence-corrected chi connectivity index (χ2v) is 30.8. The molecule has 47 heteroatoms. The van der Waals surface area contributed by atoms with Gasteiger partial charge in [0.15, 0.2) is 73.8 Å². The molecule has 0 aromatic heterocycles. The van der Waals surface area contributed by atoms with Gasteiger partial charge in [-0.25, -0.2) is 0 Å². The largest absolute Gasteiger partial charge is 0.481 e. The Morgan fingerprint density at radius 3 is 0.809 bits per heavy atom. The van der Waals surface area contributed by atoms with E-state index in [4.69, 9.17) is 99.5 Å². The van der Waals surface area contributed by atoms with Crippen molar-refractivity contribution in [2.75, 3.05) is 132 Å². The van der Waals surface area contributed by atoms with Crippen LogP contribution in [-0.4, -0.2) is 342 Å². The maximum absolute atomic E-state index is 13.6. The van der Waals surface area contributed by atoms with E-state index in [1.165, 1.54) is 0 Å². The van der Waals surface area contributed by atoms with Gasteiger partial charge in [0.1, 0.15) is 43.7 Å². The predicted molar refractivity (Wildman–Crippen MR) is 446 cm³/mol. The average molecular weight is 1880 g/mol. The van der Waals surface area contributed by atoms with Crippen molar-refractivity contribution < 1.29 is 191 Å². The van der Waals surface area contributed by atoms with Crippen LogP contribution >= 0.6 is 0 Å². The Morgan fingerprint density at radius 2 is 0.519 bits per heavy atom. The van der Waals surface area contributed by atoms with E-state index in [-0.39, 0.29) is 142 Å². The van der Waals surface area contributed by atoms with Crippen molar-refractivity contribution in [3.8, 4) is 0 Å². The molecule has 0 saturated carbocycles. The summed E-state index contributed by atoms with van der Waals surface area (Å²) in [6.45, 7) is 14.0. The molecule has 47 nitrogen and oxygen atoms in total. The van der Waals surface area contributed by atoms with Crippen LogP contribution in [0.3, 0.4) is 0 Å². The molecule has 3 fully saturated rings. The van der Waals surface area contributed by atoms with Crippen LogP contribution in [0.5, 0.6) is 0 Å². The molecule has 0 aliphatic carbocycles. The summed E-state index contributed by atoms with van der Waals surface area (Å²) in [6, 6.07) is 0. The molecule has 0 spiro atoms. The molecule has 3 aliphatic heterocycles. The average Bonchev–Trinajstić information content (AvgIpc) is 0.795. The highest BCUT2D eigenvalue weighted by Gasteiger charge is 2.56. The van der Waals surface area contributed by atoms with E-state index in [9.17, 15) is 91.4 Å². The number of amides is 5. The molecule has 131 heavy (non-hydrogen) atoms. The zero-order valence-corrected chi connectivity index (χ0v) is 76.9. The summed E-state index contributed by atoms with van der Waals surface area (Å²) in [6.07, 6.45) is -15.0. The van der Waals surface area contributed by atoms with Gasteiger partial charge in [-0.1, -0.05) is 0 Å². The lowest BCUT2D eigenvalue weighted by atomic mass is 9.98. The summed E-state index contributed by atoms with van der Waals surface area (Å²) in [5.74, 6) is -12.2. The zero-order chi connectivity index (χ0) is 97.2. The van der Waals surface area contributed by atoms with Gasteiger partial charge < -0.3 is 142 Å². The molecule has 3 aliphatic rings. The molecular weight excluding hydrogens is 1750 g/mol. The fourth-order valence-electron chi connectivity index (χ4n) is 13.3. The number of esters is 12. The summed E-state index contributed by atoms with van der Waals surface area (Å²) < 4.78 is 118. The number of hydrogen-bond donors (Lipinski definition) is 8. The van der Waals surface area contributed by atoms with Gasteiger partial charge in [-0.15, -0.1) is 0 Å². The van der Waals surface area contributed by atoms with Gasteiger partial charge in [0.25, 0.3) is 0 Å². The number of nitrogens with one attached hydrogen (secondary N) is 7. The molecule has 3 heterocycles. The summed E-state index contributed by atoms with van der Waals surface area (Å²) in [5.41, 5.74) is -1.53. The lowest BCUT2D eigenvalue weighted by Crippen LogP contribution is -2.63. The number of carbonyl (C=O) groups excluding carboxylic acids is 17. The molecule has 0 unspecified atom stereocenters. The van der Waals surface area contributed by atoms with E-state index >= 15 is 0 Å². The Kier molecular flexibility index (Phi) is 57.7. The van der Waals surface area contributed by atoms with Crippen molar-refractivity contribution in [1.82, 2.24) is 37.2 Å². The summed E-state index contributed by atoms with van der Waals surface area (Å²) in [7, 11) is 0. The fraction of sp³-hybridized carbons (Fsp3) is 0.786. The molecule has 0 aromatic rings. The molecule has 8 N–H and O–H groups in total. The van der Waals surface area contributed by atoms with Crippen molar-refractivity contribution in [3.05, 3.63) is 0 Å². The van der Waals surface area contributed by atoms with Gasteiger partial charge in [0.2, 0.25) is 29.5 Å². The normalized spacial score (nSPS) is 21.6. The van der Waals surface area contributed by atoms with Crippen LogP contribution in [-0.2, 0) is 186 Å². The van der Waals surface area contributed by atoms with E-state index in [2.05, 4.69) is 37.2 Å². The number of carbonyl (C=O) groups is 18. The van der Waals surface area contributed by atoms with Crippen LogP contribution in [0.25, 0.3) is 0 Å². The molecule has 0 aromatic carbocycles. The second-order valence-electron chi connectivity index (χ2n) is 30.8. The first-order valence-electron chi connectivity index (χ1n) is 43.8. The van der Waals surface area contributed by atoms with E-state index < -0.39 is 207 Å². The van der Waals surface area contributed by atoms with Crippen molar-refractivity contribution >= 4 is 107 Å². The molecule has 0 radical (unpaired) electrons. The van der Waals surface area contributed by atoms with Crippen molar-refractivity contribution in [3.63, 3.8) is 0 Å². The summed E-state index contributed by atoms with van der Waals surface area (Å²) in [5, 5.41) is 30.0. The van der Waals surface area contributed by atoms with Gasteiger partial charge in [0.05, 0.1) is 39.6 Å². The third kappa shape index (κ3) is 51.6. The van der Waals surface area contributed by atoms with Gasteiger partial charge >= 0.3 is 77.6 Å². The number of unbranched alkanes of at least 4 members (excludes halogenated alkanes) is 5. The predicted octanol–water partition coefficient (Wildman–Crippen LogP) is -0.0593. The first kappa shape index (κ1) is 115. The number of carboxylic acid groups (broad SMARTS) is 1. The smallest absolute Gasteiger partial charge is 0.303 e. The van der Waals surface area contributed by atoms with E-state index in [1.807, 2.05) is 0 Å². The molecule has 15 atom stereocenters. The lowest BCUT2D eigenvalue weighted by molar-refractivity contribution is -0.308. The topological polar surface area (TPSA) is 606 Å². The van der Waals surface area contributed by atoms with Crippen molar-refractivity contribution in [2.24, 2.45) is 0 Å². The monoisotopic (exact) mass is 1880 g/mol. The van der Waals surface area contributed by atoms with Crippen LogP contribution in [0.4, 0.5) is 0 Å². The lowest BCUT2D eigenvalue weighted by Gasteiger charge is -2.44. The Bertz CT molecular complexity index is 3460. The van der Waals surface area contributed by atoms with Gasteiger partial charge in [-0.3, -0.25) is 86.3 Å². The first-order chi connectivity index (χ1) is 62.3. The molecule has 0 bridgehead atoms. The Balaban J connectivity index is 1.58. The Hall–Kier alpha value is -9.98. The highest BCUT2D eigenvalue weighted by molar-refractivity contribution is 5.79. The molecular formula is C84H135N7O40. The third-order valence-corrected chi connectivity index (χ3v) is 18.9. The van der Waals surface area contributed by atoms with Crippen molar-refractivity contribution in [2.45, 2.75) is 296 Å². The van der Waals surface area contributed by atoms with E-state index in [1.54, 1.807) is 0 Å². The minimum absolute atomic E-state index is 0.0383.